The van der Waals surface area contributed by atoms with Crippen LogP contribution in [0.5, 0.6) is 0 Å². The van der Waals surface area contributed by atoms with Crippen molar-refractivity contribution in [1.82, 2.24) is 20.5 Å². The van der Waals surface area contributed by atoms with Gasteiger partial charge in [-0.25, -0.2) is 9.59 Å². The Balaban J connectivity index is 0.000000440. The number of carboxylic acid groups (broad SMARTS) is 2. The molecule has 1 aliphatic rings. The number of benzene rings is 2. The maximum Gasteiger partial charge on any atom is 0.490 e. The quantitative estimate of drug-likeness (QED) is 0.262. The van der Waals surface area contributed by atoms with Crippen molar-refractivity contribution in [2.24, 2.45) is 5.92 Å². The van der Waals surface area contributed by atoms with Crippen molar-refractivity contribution in [3.63, 3.8) is 0 Å². The molecule has 0 unspecified atom stereocenters. The van der Waals surface area contributed by atoms with E-state index in [9.17, 15) is 35.9 Å². The number of halogens is 6. The van der Waals surface area contributed by atoms with Gasteiger partial charge in [-0.3, -0.25) is 14.6 Å². The lowest BCUT2D eigenvalue weighted by atomic mass is 9.96. The van der Waals surface area contributed by atoms with Crippen molar-refractivity contribution in [2.45, 2.75) is 31.6 Å². The molecule has 0 spiro atoms. The Morgan fingerprint density at radius 3 is 1.89 bits per heavy atom. The van der Waals surface area contributed by atoms with Gasteiger partial charge in [0.2, 0.25) is 5.91 Å². The fourth-order valence-corrected chi connectivity index (χ4v) is 4.18. The molecule has 2 aromatic carbocycles. The van der Waals surface area contributed by atoms with Crippen LogP contribution in [0.25, 0.3) is 10.8 Å². The number of alkyl halides is 6. The molecule has 10 nitrogen and oxygen atoms in total. The van der Waals surface area contributed by atoms with Gasteiger partial charge < -0.3 is 25.7 Å². The summed E-state index contributed by atoms with van der Waals surface area (Å²) in [7, 11) is 0. The highest BCUT2D eigenvalue weighted by Gasteiger charge is 2.38. The van der Waals surface area contributed by atoms with E-state index in [4.69, 9.17) is 19.8 Å². The third kappa shape index (κ3) is 13.5. The van der Waals surface area contributed by atoms with Gasteiger partial charge in [0.25, 0.3) is 5.91 Å². The molecule has 250 valence electrons. The lowest BCUT2D eigenvalue weighted by molar-refractivity contribution is -0.193. The Morgan fingerprint density at radius 1 is 0.783 bits per heavy atom. The molecule has 0 radical (unpaired) electrons. The van der Waals surface area contributed by atoms with Crippen LogP contribution in [0, 0.1) is 5.92 Å². The zero-order chi connectivity index (χ0) is 34.3. The molecular formula is C30H32F6N4O6. The van der Waals surface area contributed by atoms with Crippen LogP contribution in [0.15, 0.2) is 66.9 Å². The van der Waals surface area contributed by atoms with Crippen molar-refractivity contribution in [3.05, 3.63) is 78.1 Å². The summed E-state index contributed by atoms with van der Waals surface area (Å²) in [6.45, 7) is 3.78. The minimum Gasteiger partial charge on any atom is -0.475 e. The summed E-state index contributed by atoms with van der Waals surface area (Å²) in [5, 5.41) is 22.5. The number of carboxylic acids is 2. The number of nitrogens with one attached hydrogen (secondary N) is 2. The molecule has 1 saturated heterocycles. The van der Waals surface area contributed by atoms with Gasteiger partial charge in [-0.1, -0.05) is 36.4 Å². The van der Waals surface area contributed by atoms with Crippen LogP contribution in [-0.2, 0) is 20.8 Å². The number of likely N-dealkylation sites (tertiary alicyclic amines) is 1. The average molecular weight is 659 g/mol. The van der Waals surface area contributed by atoms with E-state index >= 15 is 0 Å². The number of aliphatic carboxylic acids is 2. The summed E-state index contributed by atoms with van der Waals surface area (Å²) in [4.78, 5) is 49.3. The van der Waals surface area contributed by atoms with Gasteiger partial charge in [0.1, 0.15) is 0 Å². The summed E-state index contributed by atoms with van der Waals surface area (Å²) >= 11 is 0. The summed E-state index contributed by atoms with van der Waals surface area (Å²) in [6, 6.07) is 19.7. The number of carbonyl (C=O) groups is 4. The van der Waals surface area contributed by atoms with Gasteiger partial charge in [-0.05, 0) is 61.0 Å². The Hall–Kier alpha value is -4.73. The number of nitrogens with zero attached hydrogens (tertiary/aromatic N) is 2. The SMILES string of the molecule is O=C(NCCN1CCC(C(=O)NCCc2ccccn2)CC1)c1ccc2ccccc2c1.O=C(O)C(F)(F)F.O=C(O)C(F)(F)F. The van der Waals surface area contributed by atoms with Gasteiger partial charge in [0, 0.05) is 49.4 Å². The van der Waals surface area contributed by atoms with E-state index in [0.717, 1.165) is 55.4 Å². The van der Waals surface area contributed by atoms with Crippen LogP contribution in [0.1, 0.15) is 28.9 Å². The van der Waals surface area contributed by atoms with E-state index < -0.39 is 24.3 Å². The van der Waals surface area contributed by atoms with Gasteiger partial charge in [-0.2, -0.15) is 26.3 Å². The maximum atomic E-state index is 12.5. The van der Waals surface area contributed by atoms with Crippen LogP contribution < -0.4 is 10.6 Å². The largest absolute Gasteiger partial charge is 0.490 e. The van der Waals surface area contributed by atoms with E-state index in [1.165, 1.54) is 0 Å². The smallest absolute Gasteiger partial charge is 0.475 e. The maximum absolute atomic E-state index is 12.5. The fraction of sp³-hybridized carbons (Fsp3) is 0.367. The minimum atomic E-state index is -5.08. The number of rotatable bonds is 8. The third-order valence-electron chi connectivity index (χ3n) is 6.58. The van der Waals surface area contributed by atoms with Crippen molar-refractivity contribution in [1.29, 1.82) is 0 Å². The summed E-state index contributed by atoms with van der Waals surface area (Å²) in [5.41, 5.74) is 1.68. The highest BCUT2D eigenvalue weighted by molar-refractivity contribution is 5.98. The molecule has 1 aromatic heterocycles. The standard InChI is InChI=1S/C26H30N4O2.2C2HF3O2/c31-25(28-14-10-24-7-3-4-13-27-24)21-11-16-30(17-12-21)18-15-29-26(32)23-9-8-20-5-1-2-6-22(20)19-23;2*3-2(4,5)1(6)7/h1-9,13,19,21H,10-12,14-18H2,(H,28,31)(H,29,32);2*(H,6,7). The first-order chi connectivity index (χ1) is 21.6. The first-order valence-electron chi connectivity index (χ1n) is 13.8. The molecular weight excluding hydrogens is 626 g/mol. The van der Waals surface area contributed by atoms with Gasteiger partial charge in [0.15, 0.2) is 0 Å². The number of pyridine rings is 1. The highest BCUT2D eigenvalue weighted by atomic mass is 19.4. The average Bonchev–Trinajstić information content (AvgIpc) is 3.01. The third-order valence-corrected chi connectivity index (χ3v) is 6.58. The number of hydrogen-bond acceptors (Lipinski definition) is 6. The van der Waals surface area contributed by atoms with E-state index in [0.29, 0.717) is 18.7 Å². The molecule has 1 fully saturated rings. The second kappa shape index (κ2) is 17.7. The number of aromatic nitrogens is 1. The highest BCUT2D eigenvalue weighted by Crippen LogP contribution is 2.18. The molecule has 4 rings (SSSR count). The van der Waals surface area contributed by atoms with Crippen molar-refractivity contribution in [3.8, 4) is 0 Å². The zero-order valence-electron chi connectivity index (χ0n) is 24.3. The van der Waals surface area contributed by atoms with Crippen molar-refractivity contribution in [2.75, 3.05) is 32.7 Å². The van der Waals surface area contributed by atoms with Gasteiger partial charge in [0.05, 0.1) is 0 Å². The van der Waals surface area contributed by atoms with E-state index in [1.54, 1.807) is 6.20 Å². The number of fused-ring (bicyclic) bond motifs is 1. The molecule has 0 saturated carbocycles. The molecule has 0 atom stereocenters. The second-order valence-electron chi connectivity index (χ2n) is 9.90. The van der Waals surface area contributed by atoms with Gasteiger partial charge in [-0.15, -0.1) is 0 Å². The lowest BCUT2D eigenvalue weighted by Gasteiger charge is -2.31. The van der Waals surface area contributed by atoms with E-state index in [1.807, 2.05) is 60.7 Å². The first-order valence-corrected chi connectivity index (χ1v) is 13.8. The summed E-state index contributed by atoms with van der Waals surface area (Å²) in [5.74, 6) is -5.34. The van der Waals surface area contributed by atoms with E-state index in [-0.39, 0.29) is 17.7 Å². The van der Waals surface area contributed by atoms with Gasteiger partial charge >= 0.3 is 24.3 Å². The number of hydrogen-bond donors (Lipinski definition) is 4. The van der Waals surface area contributed by atoms with Crippen LogP contribution in [0.2, 0.25) is 0 Å². The van der Waals surface area contributed by atoms with Crippen molar-refractivity contribution >= 4 is 34.5 Å². The molecule has 3 aromatic rings. The molecule has 2 amide bonds. The Bertz CT molecular complexity index is 1420. The minimum absolute atomic E-state index is 0.0436. The van der Waals surface area contributed by atoms with Crippen LogP contribution in [0.3, 0.4) is 0 Å². The van der Waals surface area contributed by atoms with Crippen LogP contribution >= 0.6 is 0 Å². The topological polar surface area (TPSA) is 149 Å². The van der Waals surface area contributed by atoms with Crippen molar-refractivity contribution < 1.29 is 55.7 Å². The van der Waals surface area contributed by atoms with Crippen LogP contribution in [-0.4, -0.2) is 88.9 Å². The Labute approximate surface area is 259 Å². The van der Waals surface area contributed by atoms with E-state index in [2.05, 4.69) is 20.5 Å². The lowest BCUT2D eigenvalue weighted by Crippen LogP contribution is -2.43. The Kier molecular flexibility index (Phi) is 14.4. The monoisotopic (exact) mass is 658 g/mol. The van der Waals surface area contributed by atoms with Crippen LogP contribution in [0.4, 0.5) is 26.3 Å². The number of carbonyl (C=O) groups excluding carboxylic acids is 2. The second-order valence-corrected chi connectivity index (χ2v) is 9.90. The molecule has 2 heterocycles. The predicted molar refractivity (Wildman–Crippen MR) is 154 cm³/mol. The number of piperidine rings is 1. The summed E-state index contributed by atoms with van der Waals surface area (Å²) in [6.07, 6.45) is -5.93. The fourth-order valence-electron chi connectivity index (χ4n) is 4.18. The molecule has 4 N–H and O–H groups in total. The zero-order valence-corrected chi connectivity index (χ0v) is 24.3. The summed E-state index contributed by atoms with van der Waals surface area (Å²) < 4.78 is 63.5. The predicted octanol–water partition coefficient (Wildman–Crippen LogP) is 4.30. The first kappa shape index (κ1) is 37.5. The number of amides is 2. The molecule has 46 heavy (non-hydrogen) atoms. The molecule has 16 heteroatoms. The molecule has 1 aliphatic heterocycles. The molecule has 0 bridgehead atoms. The Morgan fingerprint density at radius 2 is 1.35 bits per heavy atom. The normalized spacial score (nSPS) is 13.8. The molecule has 0 aliphatic carbocycles.